The Morgan fingerprint density at radius 1 is 1.08 bits per heavy atom. The van der Waals surface area contributed by atoms with Crippen molar-refractivity contribution in [1.29, 1.82) is 0 Å². The maximum Gasteiger partial charge on any atom is 0.263 e. The highest BCUT2D eigenvalue weighted by Gasteiger charge is 2.27. The molecular weight excluding hydrogens is 529 g/mol. The number of anilines is 1. The molecule has 3 aliphatic rings. The van der Waals surface area contributed by atoms with Crippen LogP contribution in [0, 0.1) is 5.92 Å². The molecule has 1 aromatic heterocycles. The van der Waals surface area contributed by atoms with Gasteiger partial charge in [-0.15, -0.1) is 24.4 Å². The fourth-order valence-corrected chi connectivity index (χ4v) is 8.72. The smallest absolute Gasteiger partial charge is 0.263 e. The van der Waals surface area contributed by atoms with Crippen LogP contribution in [0.4, 0.5) is 5.69 Å². The highest BCUT2D eigenvalue weighted by molar-refractivity contribution is 8.03. The van der Waals surface area contributed by atoms with Gasteiger partial charge >= 0.3 is 0 Å². The summed E-state index contributed by atoms with van der Waals surface area (Å²) < 4.78 is 3.86. The zero-order valence-electron chi connectivity index (χ0n) is 21.7. The molecule has 2 aliphatic carbocycles. The SMILES string of the molecule is CCN1C(=CC2=CC3=CC(=Cc4sc5ccc(SC)cc5[n+]4CC)CCC3CC2)Sc2ccc(S)cc21. The van der Waals surface area contributed by atoms with Crippen LogP contribution in [-0.4, -0.2) is 12.8 Å². The normalized spacial score (nSPS) is 21.4. The zero-order chi connectivity index (χ0) is 25.5. The molecule has 1 unspecified atom stereocenters. The molecule has 37 heavy (non-hydrogen) atoms. The second kappa shape index (κ2) is 10.7. The molecule has 3 aromatic rings. The second-order valence-electron chi connectivity index (χ2n) is 9.86. The molecule has 0 N–H and O–H groups in total. The minimum Gasteiger partial charge on any atom is -0.335 e. The van der Waals surface area contributed by atoms with Crippen LogP contribution >= 0.6 is 47.5 Å². The quantitative estimate of drug-likeness (QED) is 0.189. The third kappa shape index (κ3) is 4.98. The Hall–Kier alpha value is -1.86. The molecule has 2 nitrogen and oxygen atoms in total. The Bertz CT molecular complexity index is 1490. The lowest BCUT2D eigenvalue weighted by atomic mass is 9.77. The minimum atomic E-state index is 0.701. The average molecular weight is 562 g/mol. The Kier molecular flexibility index (Phi) is 7.37. The van der Waals surface area contributed by atoms with Gasteiger partial charge in [-0.3, -0.25) is 0 Å². The van der Waals surface area contributed by atoms with Crippen molar-refractivity contribution in [3.63, 3.8) is 0 Å². The lowest BCUT2D eigenvalue weighted by Crippen LogP contribution is -2.33. The van der Waals surface area contributed by atoms with Crippen LogP contribution in [0.1, 0.15) is 44.5 Å². The number of hydrogen-bond acceptors (Lipinski definition) is 5. The summed E-state index contributed by atoms with van der Waals surface area (Å²) in [5.74, 6) is 0.701. The number of aryl methyl sites for hydroxylation is 1. The van der Waals surface area contributed by atoms with Crippen molar-refractivity contribution >= 4 is 69.5 Å². The van der Waals surface area contributed by atoms with Gasteiger partial charge in [0.1, 0.15) is 11.2 Å². The van der Waals surface area contributed by atoms with Crippen LogP contribution in [0.25, 0.3) is 16.3 Å². The van der Waals surface area contributed by atoms with Gasteiger partial charge in [0.2, 0.25) is 5.52 Å². The first-order chi connectivity index (χ1) is 18.1. The lowest BCUT2D eigenvalue weighted by molar-refractivity contribution is -0.665. The summed E-state index contributed by atoms with van der Waals surface area (Å²) in [7, 11) is 0. The molecule has 6 heteroatoms. The van der Waals surface area contributed by atoms with Crippen molar-refractivity contribution in [2.24, 2.45) is 5.92 Å². The predicted molar refractivity (Wildman–Crippen MR) is 166 cm³/mol. The highest BCUT2D eigenvalue weighted by atomic mass is 32.2. The molecule has 1 atom stereocenters. The van der Waals surface area contributed by atoms with Gasteiger partial charge in [-0.1, -0.05) is 35.3 Å². The van der Waals surface area contributed by atoms with Crippen molar-refractivity contribution in [2.45, 2.75) is 60.8 Å². The van der Waals surface area contributed by atoms with Crippen LogP contribution < -0.4 is 9.47 Å². The largest absolute Gasteiger partial charge is 0.335 e. The van der Waals surface area contributed by atoms with Gasteiger partial charge in [-0.05, 0) is 105 Å². The number of thiazole rings is 1. The Morgan fingerprint density at radius 2 is 1.95 bits per heavy atom. The molecule has 0 bridgehead atoms. The first-order valence-electron chi connectivity index (χ1n) is 13.2. The predicted octanol–water partition coefficient (Wildman–Crippen LogP) is 9.13. The van der Waals surface area contributed by atoms with Gasteiger partial charge in [-0.2, -0.15) is 4.57 Å². The summed E-state index contributed by atoms with van der Waals surface area (Å²) in [6, 6.07) is 13.4. The maximum atomic E-state index is 4.57. The van der Waals surface area contributed by atoms with Crippen LogP contribution in [0.2, 0.25) is 0 Å². The monoisotopic (exact) mass is 561 g/mol. The summed E-state index contributed by atoms with van der Waals surface area (Å²) >= 11 is 10.2. The number of aromatic nitrogens is 1. The number of rotatable bonds is 5. The van der Waals surface area contributed by atoms with E-state index in [-0.39, 0.29) is 0 Å². The van der Waals surface area contributed by atoms with E-state index in [1.807, 2.05) is 34.9 Å². The summed E-state index contributed by atoms with van der Waals surface area (Å²) in [5.41, 5.74) is 7.10. The van der Waals surface area contributed by atoms with E-state index in [4.69, 9.17) is 0 Å². The molecular formula is C31H33N2S4+. The van der Waals surface area contributed by atoms with Gasteiger partial charge < -0.3 is 4.90 Å². The number of nitrogens with zero attached hydrogens (tertiary/aromatic N) is 2. The van der Waals surface area contributed by atoms with Crippen molar-refractivity contribution in [1.82, 2.24) is 0 Å². The van der Waals surface area contributed by atoms with Crippen LogP contribution in [0.15, 0.2) is 91.1 Å². The summed E-state index contributed by atoms with van der Waals surface area (Å²) in [4.78, 5) is 6.12. The number of hydrogen-bond donors (Lipinski definition) is 1. The fourth-order valence-electron chi connectivity index (χ4n) is 5.72. The third-order valence-corrected chi connectivity index (χ3v) is 10.9. The van der Waals surface area contributed by atoms with Crippen molar-refractivity contribution in [3.8, 4) is 0 Å². The number of benzene rings is 2. The van der Waals surface area contributed by atoms with Crippen molar-refractivity contribution < 1.29 is 4.57 Å². The van der Waals surface area contributed by atoms with E-state index in [1.165, 1.54) is 78.1 Å². The number of fused-ring (bicyclic) bond motifs is 3. The van der Waals surface area contributed by atoms with Crippen molar-refractivity contribution in [2.75, 3.05) is 17.7 Å². The molecule has 190 valence electrons. The first-order valence-corrected chi connectivity index (χ1v) is 16.5. The van der Waals surface area contributed by atoms with E-state index in [2.05, 4.69) is 103 Å². The standard InChI is InChI=1S/C31H32N2S4/c1-4-32-26-18-24(34)10-12-28(26)36-30(32)16-20-6-8-22-9-7-21(15-23(22)14-20)17-31-33(5-2)27-19-25(35-3)11-13-29(27)37-31/h10-19,22H,4-9H2,1-3H3/p+1. The van der Waals surface area contributed by atoms with Crippen LogP contribution in [0.5, 0.6) is 0 Å². The fraction of sp³-hybridized carbons (Fsp3) is 0.323. The third-order valence-electron chi connectivity index (χ3n) is 7.64. The molecule has 1 aliphatic heterocycles. The molecule has 2 aromatic carbocycles. The van der Waals surface area contributed by atoms with Gasteiger partial charge in [0.25, 0.3) is 5.01 Å². The van der Waals surface area contributed by atoms with E-state index in [9.17, 15) is 0 Å². The molecule has 0 saturated carbocycles. The van der Waals surface area contributed by atoms with E-state index in [1.54, 1.807) is 0 Å². The van der Waals surface area contributed by atoms with Crippen LogP contribution in [0.3, 0.4) is 0 Å². The molecule has 0 fully saturated rings. The summed E-state index contributed by atoms with van der Waals surface area (Å²) in [6.07, 6.45) is 16.9. The van der Waals surface area contributed by atoms with E-state index in [0.717, 1.165) is 18.0 Å². The Labute approximate surface area is 238 Å². The first kappa shape index (κ1) is 25.4. The maximum absolute atomic E-state index is 4.57. The average Bonchev–Trinajstić information content (AvgIpc) is 3.43. The zero-order valence-corrected chi connectivity index (χ0v) is 25.0. The van der Waals surface area contributed by atoms with Gasteiger partial charge in [0, 0.05) is 33.4 Å². The van der Waals surface area contributed by atoms with Gasteiger partial charge in [0.15, 0.2) is 0 Å². The number of thioether (sulfide) groups is 2. The minimum absolute atomic E-state index is 0.701. The van der Waals surface area contributed by atoms with E-state index in [0.29, 0.717) is 5.92 Å². The molecule has 2 heterocycles. The van der Waals surface area contributed by atoms with Gasteiger partial charge in [0.05, 0.1) is 10.7 Å². The van der Waals surface area contributed by atoms with E-state index < -0.39 is 0 Å². The molecule has 0 spiro atoms. The summed E-state index contributed by atoms with van der Waals surface area (Å²) in [6.45, 7) is 6.46. The topological polar surface area (TPSA) is 7.12 Å². The Balaban J connectivity index is 1.31. The second-order valence-corrected chi connectivity index (χ2v) is 13.4. The van der Waals surface area contributed by atoms with Crippen molar-refractivity contribution in [3.05, 3.63) is 81.4 Å². The van der Waals surface area contributed by atoms with Gasteiger partial charge in [-0.25, -0.2) is 0 Å². The molecule has 0 radical (unpaired) electrons. The summed E-state index contributed by atoms with van der Waals surface area (Å²) in [5, 5.41) is 2.71. The molecule has 6 rings (SSSR count). The molecule has 0 amide bonds. The number of thiol groups is 1. The number of allylic oxidation sites excluding steroid dienone is 6. The lowest BCUT2D eigenvalue weighted by Gasteiger charge is -2.28. The molecule has 0 saturated heterocycles. The highest BCUT2D eigenvalue weighted by Crippen LogP contribution is 2.48. The van der Waals surface area contributed by atoms with Crippen LogP contribution in [-0.2, 0) is 6.54 Å². The van der Waals surface area contributed by atoms with E-state index >= 15 is 0 Å². The Morgan fingerprint density at radius 3 is 2.76 bits per heavy atom.